The summed E-state index contributed by atoms with van der Waals surface area (Å²) in [7, 11) is 0. The minimum absolute atomic E-state index is 0.102. The summed E-state index contributed by atoms with van der Waals surface area (Å²) in [5.41, 5.74) is -0.380. The van der Waals surface area contributed by atoms with Crippen molar-refractivity contribution in [3.8, 4) is 0 Å². The molecular formula is C7H4ClF2NO. The summed E-state index contributed by atoms with van der Waals surface area (Å²) in [6.45, 7) is 0. The molecule has 12 heavy (non-hydrogen) atoms. The number of carbonyl (C=O) groups excluding carboxylic acids is 1. The zero-order valence-electron chi connectivity index (χ0n) is 5.80. The molecule has 0 radical (unpaired) electrons. The van der Waals surface area contributed by atoms with E-state index in [1.54, 1.807) is 0 Å². The monoisotopic (exact) mass is 191 g/mol. The average molecular weight is 192 g/mol. The summed E-state index contributed by atoms with van der Waals surface area (Å²) in [6, 6.07) is 2.23. The maximum atomic E-state index is 12.0. The van der Waals surface area contributed by atoms with Crippen LogP contribution in [0.15, 0.2) is 12.1 Å². The van der Waals surface area contributed by atoms with Gasteiger partial charge in [-0.15, -0.1) is 0 Å². The Kier molecular flexibility index (Phi) is 2.70. The molecule has 0 saturated heterocycles. The third kappa shape index (κ3) is 1.98. The SMILES string of the molecule is O=Cc1cc(Cl)nc(C(F)F)c1. The van der Waals surface area contributed by atoms with Gasteiger partial charge in [-0.25, -0.2) is 13.8 Å². The number of aldehydes is 1. The molecule has 5 heteroatoms. The Morgan fingerprint density at radius 3 is 2.67 bits per heavy atom. The van der Waals surface area contributed by atoms with Gasteiger partial charge < -0.3 is 0 Å². The lowest BCUT2D eigenvalue weighted by Crippen LogP contribution is -1.93. The smallest absolute Gasteiger partial charge is 0.280 e. The van der Waals surface area contributed by atoms with Gasteiger partial charge in [-0.05, 0) is 12.1 Å². The van der Waals surface area contributed by atoms with Crippen LogP contribution in [0.25, 0.3) is 0 Å². The van der Waals surface area contributed by atoms with Crippen LogP contribution < -0.4 is 0 Å². The molecule has 0 aliphatic rings. The first-order chi connectivity index (χ1) is 5.63. The molecule has 0 N–H and O–H groups in total. The van der Waals surface area contributed by atoms with Crippen LogP contribution in [0.4, 0.5) is 8.78 Å². The van der Waals surface area contributed by atoms with Crippen molar-refractivity contribution in [2.75, 3.05) is 0 Å². The third-order valence-electron chi connectivity index (χ3n) is 1.20. The largest absolute Gasteiger partial charge is 0.298 e. The standard InChI is InChI=1S/C7H4ClF2NO/c8-6-2-4(3-12)1-5(11-6)7(9)10/h1-3,7H. The van der Waals surface area contributed by atoms with Crippen molar-refractivity contribution in [3.05, 3.63) is 28.5 Å². The molecule has 0 saturated carbocycles. The topological polar surface area (TPSA) is 30.0 Å². The number of pyridine rings is 1. The number of carbonyl (C=O) groups is 1. The van der Waals surface area contributed by atoms with Gasteiger partial charge in [0, 0.05) is 5.56 Å². The molecule has 0 atom stereocenters. The highest BCUT2D eigenvalue weighted by Crippen LogP contribution is 2.19. The Labute approximate surface area is 72.2 Å². The van der Waals surface area contributed by atoms with E-state index in [1.165, 1.54) is 6.07 Å². The first-order valence-corrected chi connectivity index (χ1v) is 3.42. The highest BCUT2D eigenvalue weighted by atomic mass is 35.5. The Hall–Kier alpha value is -1.03. The molecule has 0 aromatic carbocycles. The fraction of sp³-hybridized carbons (Fsp3) is 0.143. The molecule has 64 valence electrons. The number of hydrogen-bond acceptors (Lipinski definition) is 2. The van der Waals surface area contributed by atoms with Crippen molar-refractivity contribution in [1.82, 2.24) is 4.98 Å². The summed E-state index contributed by atoms with van der Waals surface area (Å²) in [5.74, 6) is 0. The summed E-state index contributed by atoms with van der Waals surface area (Å²) in [5, 5.41) is -0.102. The van der Waals surface area contributed by atoms with Gasteiger partial charge in [0.05, 0.1) is 0 Å². The van der Waals surface area contributed by atoms with Crippen LogP contribution in [-0.2, 0) is 0 Å². The minimum atomic E-state index is -2.71. The normalized spacial score (nSPS) is 10.3. The number of nitrogens with zero attached hydrogens (tertiary/aromatic N) is 1. The molecule has 1 rings (SSSR count). The molecule has 0 fully saturated rings. The van der Waals surface area contributed by atoms with Crippen molar-refractivity contribution in [2.45, 2.75) is 6.43 Å². The third-order valence-corrected chi connectivity index (χ3v) is 1.39. The van der Waals surface area contributed by atoms with E-state index in [-0.39, 0.29) is 10.7 Å². The second kappa shape index (κ2) is 3.58. The fourth-order valence-electron chi connectivity index (χ4n) is 0.718. The van der Waals surface area contributed by atoms with Crippen LogP contribution in [0.5, 0.6) is 0 Å². The van der Waals surface area contributed by atoms with Crippen LogP contribution in [0.3, 0.4) is 0 Å². The molecule has 0 spiro atoms. The van der Waals surface area contributed by atoms with Gasteiger partial charge in [-0.1, -0.05) is 11.6 Å². The quantitative estimate of drug-likeness (QED) is 0.531. The Balaban J connectivity index is 3.14. The van der Waals surface area contributed by atoms with Gasteiger partial charge in [0.1, 0.15) is 17.1 Å². The molecular weight excluding hydrogens is 188 g/mol. The predicted molar refractivity (Wildman–Crippen MR) is 39.6 cm³/mol. The van der Waals surface area contributed by atoms with Crippen LogP contribution in [0, 0.1) is 0 Å². The first-order valence-electron chi connectivity index (χ1n) is 3.04. The van der Waals surface area contributed by atoms with E-state index in [0.717, 1.165) is 6.07 Å². The minimum Gasteiger partial charge on any atom is -0.298 e. The predicted octanol–water partition coefficient (Wildman–Crippen LogP) is 2.49. The Morgan fingerprint density at radius 1 is 1.50 bits per heavy atom. The molecule has 1 aromatic rings. The van der Waals surface area contributed by atoms with Crippen molar-refractivity contribution >= 4 is 17.9 Å². The number of alkyl halides is 2. The zero-order chi connectivity index (χ0) is 9.14. The van der Waals surface area contributed by atoms with Crippen molar-refractivity contribution in [2.24, 2.45) is 0 Å². The van der Waals surface area contributed by atoms with Crippen LogP contribution in [0.1, 0.15) is 22.5 Å². The lowest BCUT2D eigenvalue weighted by Gasteiger charge is -1.99. The van der Waals surface area contributed by atoms with Crippen molar-refractivity contribution in [1.29, 1.82) is 0 Å². The number of rotatable bonds is 2. The molecule has 0 amide bonds. The second-order valence-corrected chi connectivity index (χ2v) is 2.45. The number of hydrogen-bond donors (Lipinski definition) is 0. The molecule has 1 aromatic heterocycles. The van der Waals surface area contributed by atoms with E-state index in [9.17, 15) is 13.6 Å². The van der Waals surface area contributed by atoms with Crippen molar-refractivity contribution < 1.29 is 13.6 Å². The van der Waals surface area contributed by atoms with Gasteiger partial charge in [-0.3, -0.25) is 4.79 Å². The molecule has 2 nitrogen and oxygen atoms in total. The van der Waals surface area contributed by atoms with E-state index < -0.39 is 12.1 Å². The van der Waals surface area contributed by atoms with Gasteiger partial charge in [0.15, 0.2) is 0 Å². The molecule has 0 aliphatic heterocycles. The summed E-state index contributed by atoms with van der Waals surface area (Å²) < 4.78 is 24.1. The highest BCUT2D eigenvalue weighted by Gasteiger charge is 2.10. The summed E-state index contributed by atoms with van der Waals surface area (Å²) in [4.78, 5) is 13.5. The van der Waals surface area contributed by atoms with Gasteiger partial charge in [0.2, 0.25) is 0 Å². The van der Waals surface area contributed by atoms with E-state index in [1.807, 2.05) is 0 Å². The van der Waals surface area contributed by atoms with Gasteiger partial charge >= 0.3 is 0 Å². The molecule has 0 unspecified atom stereocenters. The average Bonchev–Trinajstić information content (AvgIpc) is 2.03. The summed E-state index contributed by atoms with van der Waals surface area (Å²) in [6.07, 6.45) is -2.26. The molecule has 0 aliphatic carbocycles. The number of halogens is 3. The maximum Gasteiger partial charge on any atom is 0.280 e. The highest BCUT2D eigenvalue weighted by molar-refractivity contribution is 6.29. The van der Waals surface area contributed by atoms with Crippen LogP contribution >= 0.6 is 11.6 Å². The van der Waals surface area contributed by atoms with Crippen molar-refractivity contribution in [3.63, 3.8) is 0 Å². The van der Waals surface area contributed by atoms with Crippen LogP contribution in [-0.4, -0.2) is 11.3 Å². The summed E-state index contributed by atoms with van der Waals surface area (Å²) >= 11 is 5.37. The Morgan fingerprint density at radius 2 is 2.17 bits per heavy atom. The Bertz CT molecular complexity index is 303. The zero-order valence-corrected chi connectivity index (χ0v) is 6.55. The molecule has 1 heterocycles. The maximum absolute atomic E-state index is 12.0. The van der Waals surface area contributed by atoms with E-state index in [0.29, 0.717) is 6.29 Å². The van der Waals surface area contributed by atoms with E-state index in [4.69, 9.17) is 11.6 Å². The molecule has 0 bridgehead atoms. The van der Waals surface area contributed by atoms with E-state index in [2.05, 4.69) is 4.98 Å². The van der Waals surface area contributed by atoms with Gasteiger partial charge in [-0.2, -0.15) is 0 Å². The number of aromatic nitrogens is 1. The van der Waals surface area contributed by atoms with Gasteiger partial charge in [0.25, 0.3) is 6.43 Å². The second-order valence-electron chi connectivity index (χ2n) is 2.07. The lowest BCUT2D eigenvalue weighted by molar-refractivity contribution is 0.112. The first kappa shape index (κ1) is 9.06. The fourth-order valence-corrected chi connectivity index (χ4v) is 0.941. The van der Waals surface area contributed by atoms with Crippen LogP contribution in [0.2, 0.25) is 5.15 Å². The lowest BCUT2D eigenvalue weighted by atomic mass is 10.2. The van der Waals surface area contributed by atoms with E-state index >= 15 is 0 Å².